The summed E-state index contributed by atoms with van der Waals surface area (Å²) < 4.78 is 0.900. The smallest absolute Gasteiger partial charge is 0.107 e. The van der Waals surface area contributed by atoms with Crippen molar-refractivity contribution in [3.8, 4) is 0 Å². The van der Waals surface area contributed by atoms with Gasteiger partial charge in [0.15, 0.2) is 0 Å². The number of nitrogens with one attached hydrogen (secondary N) is 1. The molecule has 0 saturated carbocycles. The topological polar surface area (TPSA) is 38.0 Å². The van der Waals surface area contributed by atoms with Crippen LogP contribution in [0.25, 0.3) is 0 Å². The molecule has 2 rings (SSSR count). The Kier molecular flexibility index (Phi) is 4.56. The number of halogens is 1. The van der Waals surface area contributed by atoms with Crippen molar-refractivity contribution in [2.45, 2.75) is 13.3 Å². The van der Waals surface area contributed by atoms with Gasteiger partial charge in [0.2, 0.25) is 0 Å². The summed E-state index contributed by atoms with van der Waals surface area (Å²) in [6, 6.07) is 14.2. The fourth-order valence-electron chi connectivity index (χ4n) is 1.90. The second-order valence-corrected chi connectivity index (χ2v) is 5.50. The summed E-state index contributed by atoms with van der Waals surface area (Å²) in [6.07, 6.45) is 1.01. The minimum atomic E-state index is 0.377. The first-order valence-corrected chi connectivity index (χ1v) is 7.26. The van der Waals surface area contributed by atoms with Gasteiger partial charge in [-0.3, -0.25) is 0 Å². The molecule has 0 bridgehead atoms. The molecule has 0 aliphatic heterocycles. The first-order chi connectivity index (χ1) is 9.11. The van der Waals surface area contributed by atoms with Crippen molar-refractivity contribution in [2.75, 3.05) is 5.32 Å². The lowest BCUT2D eigenvalue weighted by Crippen LogP contribution is -2.12. The monoisotopic (exact) mass is 334 g/mol. The quantitative estimate of drug-likeness (QED) is 0.814. The number of hydrogen-bond donors (Lipinski definition) is 2. The summed E-state index contributed by atoms with van der Waals surface area (Å²) in [6.45, 7) is 2.14. The molecule has 0 saturated heterocycles. The van der Waals surface area contributed by atoms with Gasteiger partial charge in [0, 0.05) is 21.4 Å². The molecule has 0 spiro atoms. The predicted molar refractivity (Wildman–Crippen MR) is 89.1 cm³/mol. The van der Waals surface area contributed by atoms with Crippen LogP contribution in [0.1, 0.15) is 18.1 Å². The first-order valence-electron chi connectivity index (χ1n) is 6.06. The highest BCUT2D eigenvalue weighted by Gasteiger charge is 2.09. The van der Waals surface area contributed by atoms with Crippen LogP contribution in [0.4, 0.5) is 11.4 Å². The van der Waals surface area contributed by atoms with Gasteiger partial charge < -0.3 is 11.1 Å². The molecule has 0 heterocycles. The van der Waals surface area contributed by atoms with Crippen molar-refractivity contribution in [2.24, 2.45) is 5.73 Å². The molecule has 0 aliphatic rings. The predicted octanol–water partition coefficient (Wildman–Crippen LogP) is 4.39. The van der Waals surface area contributed by atoms with Gasteiger partial charge in [0.1, 0.15) is 4.99 Å². The van der Waals surface area contributed by atoms with E-state index in [9.17, 15) is 0 Å². The third kappa shape index (κ3) is 3.33. The number of hydrogen-bond acceptors (Lipinski definition) is 2. The Hall–Kier alpha value is -1.39. The molecular formula is C15H15BrN2S. The third-order valence-electron chi connectivity index (χ3n) is 2.87. The molecule has 0 unspecified atom stereocenters. The van der Waals surface area contributed by atoms with Crippen molar-refractivity contribution in [3.05, 3.63) is 58.1 Å². The lowest BCUT2D eigenvalue weighted by Gasteiger charge is -2.13. The highest BCUT2D eigenvalue weighted by atomic mass is 79.9. The van der Waals surface area contributed by atoms with Crippen LogP contribution in [0.5, 0.6) is 0 Å². The van der Waals surface area contributed by atoms with Crippen LogP contribution in [0.3, 0.4) is 0 Å². The van der Waals surface area contributed by atoms with E-state index in [-0.39, 0.29) is 0 Å². The summed E-state index contributed by atoms with van der Waals surface area (Å²) in [5.74, 6) is 0. The second-order valence-electron chi connectivity index (χ2n) is 4.21. The zero-order chi connectivity index (χ0) is 13.8. The van der Waals surface area contributed by atoms with Gasteiger partial charge in [0.05, 0.1) is 0 Å². The van der Waals surface area contributed by atoms with E-state index in [1.54, 1.807) is 0 Å². The molecule has 2 nitrogen and oxygen atoms in total. The highest BCUT2D eigenvalue weighted by Crippen LogP contribution is 2.27. The zero-order valence-electron chi connectivity index (χ0n) is 10.6. The van der Waals surface area contributed by atoms with Crippen LogP contribution in [0, 0.1) is 0 Å². The van der Waals surface area contributed by atoms with E-state index in [1.165, 1.54) is 5.56 Å². The van der Waals surface area contributed by atoms with Crippen molar-refractivity contribution in [1.82, 2.24) is 0 Å². The van der Waals surface area contributed by atoms with Gasteiger partial charge in [-0.25, -0.2) is 0 Å². The molecule has 2 aromatic rings. The molecule has 0 aliphatic carbocycles. The maximum Gasteiger partial charge on any atom is 0.107 e. The number of thiocarbonyl (C=S) groups is 1. The minimum Gasteiger partial charge on any atom is -0.389 e. The summed E-state index contributed by atoms with van der Waals surface area (Å²) in [4.78, 5) is 0.377. The van der Waals surface area contributed by atoms with Crippen LogP contribution >= 0.6 is 28.1 Å². The normalized spacial score (nSPS) is 10.2. The van der Waals surface area contributed by atoms with Crippen molar-refractivity contribution >= 4 is 44.5 Å². The Morgan fingerprint density at radius 1 is 1.26 bits per heavy atom. The molecule has 19 heavy (non-hydrogen) atoms. The van der Waals surface area contributed by atoms with Gasteiger partial charge >= 0.3 is 0 Å². The summed E-state index contributed by atoms with van der Waals surface area (Å²) >= 11 is 8.59. The minimum absolute atomic E-state index is 0.377. The van der Waals surface area contributed by atoms with Gasteiger partial charge in [-0.2, -0.15) is 0 Å². The summed E-state index contributed by atoms with van der Waals surface area (Å²) in [5.41, 5.74) is 9.86. The number of rotatable bonds is 4. The largest absolute Gasteiger partial charge is 0.389 e. The van der Waals surface area contributed by atoms with Gasteiger partial charge in [0.25, 0.3) is 0 Å². The second kappa shape index (κ2) is 6.17. The maximum absolute atomic E-state index is 5.79. The van der Waals surface area contributed by atoms with Crippen LogP contribution in [-0.2, 0) is 6.42 Å². The Morgan fingerprint density at radius 2 is 2.00 bits per heavy atom. The van der Waals surface area contributed by atoms with E-state index in [2.05, 4.69) is 40.3 Å². The van der Waals surface area contributed by atoms with Crippen molar-refractivity contribution in [1.29, 1.82) is 0 Å². The number of anilines is 2. The van der Waals surface area contributed by atoms with Crippen LogP contribution in [0.15, 0.2) is 46.9 Å². The molecule has 0 fully saturated rings. The number of benzene rings is 2. The molecule has 0 amide bonds. The van der Waals surface area contributed by atoms with E-state index >= 15 is 0 Å². The SMILES string of the molecule is CCc1cccc(Nc2cccc(Br)c2C(N)=S)c1. The Labute approximate surface area is 127 Å². The molecule has 0 aromatic heterocycles. The first kappa shape index (κ1) is 14.0. The zero-order valence-corrected chi connectivity index (χ0v) is 13.0. The Morgan fingerprint density at radius 3 is 2.68 bits per heavy atom. The maximum atomic E-state index is 5.79. The molecule has 4 heteroatoms. The summed E-state index contributed by atoms with van der Waals surface area (Å²) in [7, 11) is 0. The van der Waals surface area contributed by atoms with Gasteiger partial charge in [-0.15, -0.1) is 0 Å². The van der Waals surface area contributed by atoms with E-state index in [0.717, 1.165) is 27.8 Å². The van der Waals surface area contributed by atoms with Gasteiger partial charge in [-0.05, 0) is 52.2 Å². The fourth-order valence-corrected chi connectivity index (χ4v) is 2.83. The third-order valence-corrected chi connectivity index (χ3v) is 3.74. The van der Waals surface area contributed by atoms with Crippen LogP contribution in [0.2, 0.25) is 0 Å². The van der Waals surface area contributed by atoms with E-state index in [4.69, 9.17) is 18.0 Å². The van der Waals surface area contributed by atoms with Crippen molar-refractivity contribution in [3.63, 3.8) is 0 Å². The fraction of sp³-hybridized carbons (Fsp3) is 0.133. The number of nitrogens with two attached hydrogens (primary N) is 1. The standard InChI is InChI=1S/C15H15BrN2S/c1-2-10-5-3-6-11(9-10)18-13-8-4-7-12(16)14(13)15(17)19/h3-9,18H,2H2,1H3,(H2,17,19). The van der Waals surface area contributed by atoms with E-state index in [0.29, 0.717) is 4.99 Å². The average molecular weight is 335 g/mol. The van der Waals surface area contributed by atoms with Crippen molar-refractivity contribution < 1.29 is 0 Å². The lowest BCUT2D eigenvalue weighted by molar-refractivity contribution is 1.14. The number of aryl methyl sites for hydroxylation is 1. The summed E-state index contributed by atoms with van der Waals surface area (Å²) in [5, 5.41) is 3.37. The van der Waals surface area contributed by atoms with E-state index in [1.807, 2.05) is 30.3 Å². The highest BCUT2D eigenvalue weighted by molar-refractivity contribution is 9.10. The molecule has 0 radical (unpaired) electrons. The molecule has 98 valence electrons. The molecule has 0 atom stereocenters. The molecular weight excluding hydrogens is 320 g/mol. The lowest BCUT2D eigenvalue weighted by atomic mass is 10.1. The Bertz CT molecular complexity index is 611. The molecule has 2 aromatic carbocycles. The average Bonchev–Trinajstić information content (AvgIpc) is 2.38. The van der Waals surface area contributed by atoms with Crippen LogP contribution in [-0.4, -0.2) is 4.99 Å². The molecule has 3 N–H and O–H groups in total. The Balaban J connectivity index is 2.38. The van der Waals surface area contributed by atoms with Crippen LogP contribution < -0.4 is 11.1 Å². The van der Waals surface area contributed by atoms with Gasteiger partial charge in [-0.1, -0.05) is 37.3 Å². The van der Waals surface area contributed by atoms with E-state index < -0.39 is 0 Å².